The van der Waals surface area contributed by atoms with Crippen molar-refractivity contribution in [2.45, 2.75) is 6.18 Å². The molecule has 2 aromatic rings. The Morgan fingerprint density at radius 1 is 1.33 bits per heavy atom. The predicted molar refractivity (Wildman–Crippen MR) is 59.1 cm³/mol. The molecule has 0 unspecified atom stereocenters. The van der Waals surface area contributed by atoms with Crippen LogP contribution >= 0.6 is 15.9 Å². The van der Waals surface area contributed by atoms with E-state index in [9.17, 15) is 13.2 Å². The summed E-state index contributed by atoms with van der Waals surface area (Å²) in [6.45, 7) is 0. The van der Waals surface area contributed by atoms with E-state index in [1.807, 2.05) is 0 Å². The molecule has 96 valence electrons. The van der Waals surface area contributed by atoms with Gasteiger partial charge in [-0.1, -0.05) is 5.21 Å². The van der Waals surface area contributed by atoms with Gasteiger partial charge >= 0.3 is 6.18 Å². The molecule has 0 bridgehead atoms. The van der Waals surface area contributed by atoms with E-state index >= 15 is 0 Å². The van der Waals surface area contributed by atoms with E-state index in [1.165, 1.54) is 17.8 Å². The maximum atomic E-state index is 12.6. The van der Waals surface area contributed by atoms with Crippen LogP contribution in [-0.4, -0.2) is 25.0 Å². The van der Waals surface area contributed by atoms with E-state index in [0.29, 0.717) is 0 Å². The highest BCUT2D eigenvalue weighted by Crippen LogP contribution is 2.30. The van der Waals surface area contributed by atoms with Gasteiger partial charge in [-0.25, -0.2) is 14.6 Å². The topological polar surface area (TPSA) is 82.5 Å². The molecule has 0 amide bonds. The minimum atomic E-state index is -4.66. The summed E-state index contributed by atoms with van der Waals surface area (Å²) in [4.78, 5) is 6.57. The molecule has 0 aliphatic carbocycles. The standard InChI is InChI=1S/C8H6BrF3N6/c1-18-5(6(9)16-17-18)3-2-4(13)15-7(14-3)8(10,11)12/h2H,1H3,(H2,13,14,15). The molecule has 10 heteroatoms. The zero-order chi connectivity index (χ0) is 13.5. The number of halogens is 4. The number of nitrogens with zero attached hydrogens (tertiary/aromatic N) is 5. The molecule has 2 heterocycles. The average Bonchev–Trinajstić information content (AvgIpc) is 2.56. The van der Waals surface area contributed by atoms with Gasteiger partial charge in [-0.3, -0.25) is 0 Å². The number of anilines is 1. The first-order valence-electron chi connectivity index (χ1n) is 4.56. The van der Waals surface area contributed by atoms with Gasteiger partial charge in [0.1, 0.15) is 11.5 Å². The van der Waals surface area contributed by atoms with Crippen LogP contribution < -0.4 is 5.73 Å². The zero-order valence-electron chi connectivity index (χ0n) is 8.90. The van der Waals surface area contributed by atoms with Crippen LogP contribution in [-0.2, 0) is 13.2 Å². The van der Waals surface area contributed by atoms with Crippen molar-refractivity contribution < 1.29 is 13.2 Å². The van der Waals surface area contributed by atoms with Crippen LogP contribution in [0, 0.1) is 0 Å². The first-order chi connectivity index (χ1) is 8.29. The van der Waals surface area contributed by atoms with Gasteiger partial charge in [0.05, 0.1) is 5.69 Å². The summed E-state index contributed by atoms with van der Waals surface area (Å²) in [5.74, 6) is -1.58. The number of nitrogen functional groups attached to an aromatic ring is 1. The van der Waals surface area contributed by atoms with Crippen molar-refractivity contribution >= 4 is 21.7 Å². The third-order valence-corrected chi connectivity index (χ3v) is 2.56. The minimum absolute atomic E-state index is 0.00537. The van der Waals surface area contributed by atoms with E-state index in [-0.39, 0.29) is 21.8 Å². The van der Waals surface area contributed by atoms with Gasteiger partial charge in [-0.15, -0.1) is 5.10 Å². The average molecular weight is 323 g/mol. The highest BCUT2D eigenvalue weighted by molar-refractivity contribution is 9.10. The van der Waals surface area contributed by atoms with Gasteiger partial charge in [0.15, 0.2) is 4.60 Å². The van der Waals surface area contributed by atoms with E-state index in [0.717, 1.165) is 0 Å². The Bertz CT molecular complexity index is 574. The number of alkyl halides is 3. The van der Waals surface area contributed by atoms with Crippen molar-refractivity contribution in [2.24, 2.45) is 7.05 Å². The summed E-state index contributed by atoms with van der Waals surface area (Å²) < 4.78 is 39.2. The van der Waals surface area contributed by atoms with Crippen molar-refractivity contribution in [3.63, 3.8) is 0 Å². The number of rotatable bonds is 1. The molecule has 18 heavy (non-hydrogen) atoms. The van der Waals surface area contributed by atoms with Gasteiger partial charge in [0.25, 0.3) is 0 Å². The largest absolute Gasteiger partial charge is 0.451 e. The summed E-state index contributed by atoms with van der Waals surface area (Å²) in [5.41, 5.74) is 5.63. The van der Waals surface area contributed by atoms with Gasteiger partial charge < -0.3 is 5.73 Å². The van der Waals surface area contributed by atoms with E-state index < -0.39 is 12.0 Å². The van der Waals surface area contributed by atoms with Crippen molar-refractivity contribution in [1.82, 2.24) is 25.0 Å². The Morgan fingerprint density at radius 2 is 2.00 bits per heavy atom. The lowest BCUT2D eigenvalue weighted by atomic mass is 10.3. The first kappa shape index (κ1) is 12.7. The summed E-state index contributed by atoms with van der Waals surface area (Å²) >= 11 is 3.08. The third kappa shape index (κ3) is 2.28. The fourth-order valence-electron chi connectivity index (χ4n) is 1.32. The molecule has 2 rings (SSSR count). The summed E-state index contributed by atoms with van der Waals surface area (Å²) in [7, 11) is 1.53. The van der Waals surface area contributed by atoms with Crippen LogP contribution in [0.3, 0.4) is 0 Å². The van der Waals surface area contributed by atoms with E-state index in [2.05, 4.69) is 36.2 Å². The molecule has 6 nitrogen and oxygen atoms in total. The summed E-state index contributed by atoms with van der Waals surface area (Å²) in [6, 6.07) is 1.22. The van der Waals surface area contributed by atoms with Crippen LogP contribution in [0.1, 0.15) is 5.82 Å². The lowest BCUT2D eigenvalue weighted by Crippen LogP contribution is -2.13. The summed E-state index contributed by atoms with van der Waals surface area (Å²) in [6.07, 6.45) is -4.66. The Labute approximate surface area is 107 Å². The van der Waals surface area contributed by atoms with Crippen LogP contribution in [0.25, 0.3) is 11.4 Å². The molecule has 2 aromatic heterocycles. The quantitative estimate of drug-likeness (QED) is 0.863. The molecular formula is C8H6BrF3N6. The molecule has 2 N–H and O–H groups in total. The minimum Gasteiger partial charge on any atom is -0.384 e. The van der Waals surface area contributed by atoms with E-state index in [1.54, 1.807) is 0 Å². The van der Waals surface area contributed by atoms with Gasteiger partial charge in [0.2, 0.25) is 5.82 Å². The maximum absolute atomic E-state index is 12.6. The van der Waals surface area contributed by atoms with Crippen molar-refractivity contribution in [3.8, 4) is 11.4 Å². The predicted octanol–water partition coefficient (Wildman–Crippen LogP) is 1.64. The molecule has 0 aliphatic rings. The fourth-order valence-corrected chi connectivity index (χ4v) is 1.85. The molecule has 0 saturated carbocycles. The highest BCUT2D eigenvalue weighted by atomic mass is 79.9. The lowest BCUT2D eigenvalue weighted by molar-refractivity contribution is -0.144. The van der Waals surface area contributed by atoms with Crippen LogP contribution in [0.5, 0.6) is 0 Å². The molecule has 0 radical (unpaired) electrons. The number of nitrogens with two attached hydrogens (primary N) is 1. The second-order valence-corrected chi connectivity index (χ2v) is 4.10. The summed E-state index contributed by atoms with van der Waals surface area (Å²) in [5, 5.41) is 7.31. The Hall–Kier alpha value is -1.71. The Morgan fingerprint density at radius 3 is 2.50 bits per heavy atom. The van der Waals surface area contributed by atoms with Crippen molar-refractivity contribution in [1.29, 1.82) is 0 Å². The van der Waals surface area contributed by atoms with Gasteiger partial charge in [-0.2, -0.15) is 13.2 Å². The molecule has 0 saturated heterocycles. The number of hydrogen-bond acceptors (Lipinski definition) is 5. The second kappa shape index (κ2) is 4.19. The Kier molecular flexibility index (Phi) is 2.97. The fraction of sp³-hybridized carbons (Fsp3) is 0.250. The smallest absolute Gasteiger partial charge is 0.384 e. The number of aryl methyl sites for hydroxylation is 1. The number of aromatic nitrogens is 5. The van der Waals surface area contributed by atoms with Crippen molar-refractivity contribution in [3.05, 3.63) is 16.5 Å². The SMILES string of the molecule is Cn1nnc(Br)c1-c1cc(N)nc(C(F)(F)F)n1. The maximum Gasteiger partial charge on any atom is 0.451 e. The lowest BCUT2D eigenvalue weighted by Gasteiger charge is -2.08. The molecule has 0 aliphatic heterocycles. The van der Waals surface area contributed by atoms with Crippen LogP contribution in [0.2, 0.25) is 0 Å². The third-order valence-electron chi connectivity index (χ3n) is 2.03. The van der Waals surface area contributed by atoms with Gasteiger partial charge in [0, 0.05) is 13.1 Å². The zero-order valence-corrected chi connectivity index (χ0v) is 10.5. The normalized spacial score (nSPS) is 11.8. The Balaban J connectivity index is 2.63. The van der Waals surface area contributed by atoms with E-state index in [4.69, 9.17) is 5.73 Å². The van der Waals surface area contributed by atoms with Gasteiger partial charge in [-0.05, 0) is 15.9 Å². The molecule has 0 aromatic carbocycles. The monoisotopic (exact) mass is 322 g/mol. The highest BCUT2D eigenvalue weighted by Gasteiger charge is 2.35. The first-order valence-corrected chi connectivity index (χ1v) is 5.35. The van der Waals surface area contributed by atoms with Crippen LogP contribution in [0.4, 0.5) is 19.0 Å². The molecular weight excluding hydrogens is 317 g/mol. The number of hydrogen-bond donors (Lipinski definition) is 1. The van der Waals surface area contributed by atoms with Crippen molar-refractivity contribution in [2.75, 3.05) is 5.73 Å². The van der Waals surface area contributed by atoms with Crippen LogP contribution in [0.15, 0.2) is 10.7 Å². The molecule has 0 fully saturated rings. The molecule has 0 spiro atoms. The molecule has 0 atom stereocenters. The second-order valence-electron chi connectivity index (χ2n) is 3.35.